The van der Waals surface area contributed by atoms with Gasteiger partial charge in [-0.2, -0.15) is 4.31 Å². The third-order valence-corrected chi connectivity index (χ3v) is 5.08. The van der Waals surface area contributed by atoms with Gasteiger partial charge in [-0.3, -0.25) is 0 Å². The monoisotopic (exact) mass is 286 g/mol. The summed E-state index contributed by atoms with van der Waals surface area (Å²) in [6.07, 6.45) is 1.96. The van der Waals surface area contributed by atoms with Gasteiger partial charge in [0, 0.05) is 13.1 Å². The second kappa shape index (κ2) is 6.07. The molecule has 0 bridgehead atoms. The van der Waals surface area contributed by atoms with E-state index in [1.165, 1.54) is 4.31 Å². The van der Waals surface area contributed by atoms with Crippen LogP contribution in [0.15, 0.2) is 21.6 Å². The molecule has 19 heavy (non-hydrogen) atoms. The van der Waals surface area contributed by atoms with Gasteiger partial charge in [0.05, 0.1) is 6.54 Å². The van der Waals surface area contributed by atoms with Crippen LogP contribution in [0.3, 0.4) is 0 Å². The lowest BCUT2D eigenvalue weighted by Crippen LogP contribution is -2.28. The first-order valence-electron chi connectivity index (χ1n) is 6.83. The molecule has 0 aliphatic carbocycles. The molecule has 1 unspecified atom stereocenters. The third-order valence-electron chi connectivity index (χ3n) is 3.34. The first-order chi connectivity index (χ1) is 9.04. The highest BCUT2D eigenvalue weighted by Crippen LogP contribution is 2.25. The Kier molecular flexibility index (Phi) is 4.65. The molecule has 1 saturated heterocycles. The van der Waals surface area contributed by atoms with Gasteiger partial charge in [0.2, 0.25) is 5.09 Å². The molecule has 6 heteroatoms. The van der Waals surface area contributed by atoms with Crippen molar-refractivity contribution >= 4 is 10.0 Å². The molecule has 0 saturated carbocycles. The highest BCUT2D eigenvalue weighted by molar-refractivity contribution is 7.89. The molecular weight excluding hydrogens is 264 g/mol. The van der Waals surface area contributed by atoms with Crippen LogP contribution in [0.25, 0.3) is 0 Å². The molecule has 1 aromatic heterocycles. The summed E-state index contributed by atoms with van der Waals surface area (Å²) in [7, 11) is -3.44. The minimum Gasteiger partial charge on any atom is -0.447 e. The summed E-state index contributed by atoms with van der Waals surface area (Å²) in [6, 6.07) is 3.29. The van der Waals surface area contributed by atoms with Crippen molar-refractivity contribution in [2.75, 3.05) is 19.6 Å². The average Bonchev–Trinajstić information content (AvgIpc) is 2.99. The van der Waals surface area contributed by atoms with Gasteiger partial charge in [0.15, 0.2) is 0 Å². The number of nitrogens with one attached hydrogen (secondary N) is 1. The van der Waals surface area contributed by atoms with Crippen LogP contribution in [-0.2, 0) is 16.6 Å². The van der Waals surface area contributed by atoms with Crippen LogP contribution in [0.5, 0.6) is 0 Å². The van der Waals surface area contributed by atoms with E-state index in [-0.39, 0.29) is 5.09 Å². The average molecular weight is 286 g/mol. The molecule has 1 N–H and O–H groups in total. The van der Waals surface area contributed by atoms with Crippen molar-refractivity contribution in [1.82, 2.24) is 9.62 Å². The van der Waals surface area contributed by atoms with Gasteiger partial charge in [-0.1, -0.05) is 13.8 Å². The third kappa shape index (κ3) is 3.38. The van der Waals surface area contributed by atoms with Gasteiger partial charge in [0.25, 0.3) is 10.0 Å². The fraction of sp³-hybridized carbons (Fsp3) is 0.692. The van der Waals surface area contributed by atoms with Gasteiger partial charge in [0.1, 0.15) is 5.76 Å². The Balaban J connectivity index is 2.04. The van der Waals surface area contributed by atoms with E-state index < -0.39 is 10.0 Å². The fourth-order valence-electron chi connectivity index (χ4n) is 2.22. The van der Waals surface area contributed by atoms with Crippen molar-refractivity contribution in [3.63, 3.8) is 0 Å². The maximum atomic E-state index is 12.3. The molecule has 2 rings (SSSR count). The van der Waals surface area contributed by atoms with Crippen LogP contribution in [0.1, 0.15) is 32.4 Å². The van der Waals surface area contributed by atoms with Gasteiger partial charge < -0.3 is 9.73 Å². The van der Waals surface area contributed by atoms with Crippen molar-refractivity contribution in [2.45, 2.75) is 38.3 Å². The van der Waals surface area contributed by atoms with Crippen LogP contribution < -0.4 is 5.32 Å². The molecule has 108 valence electrons. The Morgan fingerprint density at radius 1 is 1.47 bits per heavy atom. The van der Waals surface area contributed by atoms with Crippen molar-refractivity contribution in [3.05, 3.63) is 17.9 Å². The van der Waals surface area contributed by atoms with E-state index in [2.05, 4.69) is 19.2 Å². The fourth-order valence-corrected chi connectivity index (χ4v) is 3.72. The molecule has 1 aliphatic rings. The Morgan fingerprint density at radius 3 is 2.89 bits per heavy atom. The molecule has 0 aromatic carbocycles. The molecule has 0 amide bonds. The smallest absolute Gasteiger partial charge is 0.276 e. The summed E-state index contributed by atoms with van der Waals surface area (Å²) in [5, 5.41) is 3.26. The summed E-state index contributed by atoms with van der Waals surface area (Å²) in [5.74, 6) is 1.09. The van der Waals surface area contributed by atoms with Crippen molar-refractivity contribution in [2.24, 2.45) is 5.92 Å². The number of sulfonamides is 1. The van der Waals surface area contributed by atoms with Crippen LogP contribution in [0, 0.1) is 5.92 Å². The summed E-state index contributed by atoms with van der Waals surface area (Å²) >= 11 is 0. The Hall–Kier alpha value is -0.850. The summed E-state index contributed by atoms with van der Waals surface area (Å²) in [4.78, 5) is 0. The van der Waals surface area contributed by atoms with Crippen molar-refractivity contribution in [1.29, 1.82) is 0 Å². The van der Waals surface area contributed by atoms with E-state index in [1.54, 1.807) is 12.1 Å². The van der Waals surface area contributed by atoms with Gasteiger partial charge in [-0.25, -0.2) is 8.42 Å². The van der Waals surface area contributed by atoms with E-state index in [0.29, 0.717) is 31.3 Å². The predicted octanol–water partition coefficient (Wildman–Crippen LogP) is 1.81. The zero-order chi connectivity index (χ0) is 13.9. The van der Waals surface area contributed by atoms with Crippen molar-refractivity contribution in [3.8, 4) is 0 Å². The highest BCUT2D eigenvalue weighted by atomic mass is 32.2. The molecule has 1 fully saturated rings. The maximum absolute atomic E-state index is 12.3. The second-order valence-corrected chi connectivity index (χ2v) is 7.02. The number of rotatable bonds is 6. The van der Waals surface area contributed by atoms with Crippen molar-refractivity contribution < 1.29 is 12.8 Å². The zero-order valence-corrected chi connectivity index (χ0v) is 12.4. The molecule has 1 aliphatic heterocycles. The van der Waals surface area contributed by atoms with E-state index >= 15 is 0 Å². The first-order valence-corrected chi connectivity index (χ1v) is 8.27. The molecule has 2 heterocycles. The molecule has 0 spiro atoms. The molecule has 1 aromatic rings. The predicted molar refractivity (Wildman–Crippen MR) is 73.2 cm³/mol. The largest absolute Gasteiger partial charge is 0.447 e. The quantitative estimate of drug-likeness (QED) is 0.810. The lowest BCUT2D eigenvalue weighted by atomic mass is 10.2. The molecule has 1 atom stereocenters. The van der Waals surface area contributed by atoms with E-state index in [0.717, 1.165) is 19.4 Å². The van der Waals surface area contributed by atoms with E-state index in [9.17, 15) is 8.42 Å². The SMILES string of the molecule is CCCNCc1ccc(S(=O)(=O)N2CCC(C)C2)o1. The van der Waals surface area contributed by atoms with Gasteiger partial charge >= 0.3 is 0 Å². The van der Waals surface area contributed by atoms with Crippen LogP contribution in [0.4, 0.5) is 0 Å². The maximum Gasteiger partial charge on any atom is 0.276 e. The lowest BCUT2D eigenvalue weighted by Gasteiger charge is -2.13. The summed E-state index contributed by atoms with van der Waals surface area (Å²) in [5.41, 5.74) is 0. The van der Waals surface area contributed by atoms with Crippen LogP contribution in [-0.4, -0.2) is 32.4 Å². The van der Waals surface area contributed by atoms with E-state index in [4.69, 9.17) is 4.42 Å². The standard InChI is InChI=1S/C13H22N2O3S/c1-3-7-14-9-12-4-5-13(18-12)19(16,17)15-8-6-11(2)10-15/h4-5,11,14H,3,6-10H2,1-2H3. The number of hydrogen-bond acceptors (Lipinski definition) is 4. The van der Waals surface area contributed by atoms with Crippen LogP contribution >= 0.6 is 0 Å². The number of nitrogens with zero attached hydrogens (tertiary/aromatic N) is 1. The minimum atomic E-state index is -3.44. The summed E-state index contributed by atoms with van der Waals surface area (Å²) in [6.45, 7) is 6.80. The Labute approximate surface area is 115 Å². The van der Waals surface area contributed by atoms with Crippen LogP contribution in [0.2, 0.25) is 0 Å². The minimum absolute atomic E-state index is 0.0647. The van der Waals surface area contributed by atoms with E-state index in [1.807, 2.05) is 0 Å². The molecular formula is C13H22N2O3S. The number of hydrogen-bond donors (Lipinski definition) is 1. The van der Waals surface area contributed by atoms with Gasteiger partial charge in [-0.05, 0) is 37.4 Å². The molecule has 0 radical (unpaired) electrons. The van der Waals surface area contributed by atoms with Gasteiger partial charge in [-0.15, -0.1) is 0 Å². The zero-order valence-electron chi connectivity index (χ0n) is 11.6. The Morgan fingerprint density at radius 2 is 2.26 bits per heavy atom. The highest BCUT2D eigenvalue weighted by Gasteiger charge is 2.32. The normalized spacial score (nSPS) is 21.1. The number of furan rings is 1. The first kappa shape index (κ1) is 14.6. The molecule has 5 nitrogen and oxygen atoms in total. The topological polar surface area (TPSA) is 62.6 Å². The summed E-state index contributed by atoms with van der Waals surface area (Å²) < 4.78 is 31.6. The second-order valence-electron chi connectivity index (χ2n) is 5.15. The lowest BCUT2D eigenvalue weighted by molar-refractivity contribution is 0.379. The Bertz CT molecular complexity index is 510.